The molecule has 0 spiro atoms. The molecule has 9 nitrogen and oxygen atoms in total. The minimum atomic E-state index is -3.88. The van der Waals surface area contributed by atoms with Crippen molar-refractivity contribution in [2.45, 2.75) is 44.3 Å². The molecule has 1 aromatic heterocycles. The van der Waals surface area contributed by atoms with Crippen LogP contribution in [0.15, 0.2) is 36.5 Å². The molecule has 3 heterocycles. The number of piperazine rings is 1. The number of aliphatic hydroxyl groups excluding tert-OH is 1. The van der Waals surface area contributed by atoms with Gasteiger partial charge in [-0.3, -0.25) is 14.5 Å². The summed E-state index contributed by atoms with van der Waals surface area (Å²) in [5, 5.41) is 16.2. The van der Waals surface area contributed by atoms with Crippen LogP contribution >= 0.6 is 23.2 Å². The summed E-state index contributed by atoms with van der Waals surface area (Å²) in [5.74, 6) is 0.651. The fourth-order valence-corrected chi connectivity index (χ4v) is 6.29. The van der Waals surface area contributed by atoms with Gasteiger partial charge in [-0.1, -0.05) is 42.3 Å². The monoisotopic (exact) mass is 556 g/mol. The molecule has 4 rings (SSSR count). The Kier molecular flexibility index (Phi) is 8.98. The quantitative estimate of drug-likeness (QED) is 0.457. The molecule has 2 aromatic rings. The Labute approximate surface area is 223 Å². The van der Waals surface area contributed by atoms with Gasteiger partial charge in [-0.15, -0.1) is 0 Å². The molecule has 0 bridgehead atoms. The molecular weight excluding hydrogens is 523 g/mol. The van der Waals surface area contributed by atoms with Crippen LogP contribution in [0.5, 0.6) is 0 Å². The molecule has 4 N–H and O–H groups in total. The number of halogens is 2. The normalized spacial score (nSPS) is 21.5. The van der Waals surface area contributed by atoms with Crippen LogP contribution in [0.3, 0.4) is 0 Å². The first kappa shape index (κ1) is 27.4. The van der Waals surface area contributed by atoms with Gasteiger partial charge in [-0.25, -0.2) is 10.1 Å². The second-order valence-corrected chi connectivity index (χ2v) is 11.6. The molecule has 2 unspecified atom stereocenters. The lowest BCUT2D eigenvalue weighted by Gasteiger charge is -2.48. The lowest BCUT2D eigenvalue weighted by Crippen LogP contribution is -2.58. The Morgan fingerprint density at radius 2 is 1.86 bits per heavy atom. The van der Waals surface area contributed by atoms with Gasteiger partial charge in [0.2, 0.25) is 0 Å². The number of nitrogens with zero attached hydrogens (tertiary/aromatic N) is 4. The van der Waals surface area contributed by atoms with Crippen LogP contribution in [0.25, 0.3) is 0 Å². The van der Waals surface area contributed by atoms with E-state index in [2.05, 4.69) is 31.3 Å². The zero-order valence-corrected chi connectivity index (χ0v) is 22.7. The number of piperidine rings is 1. The van der Waals surface area contributed by atoms with Gasteiger partial charge in [-0.05, 0) is 43.0 Å². The van der Waals surface area contributed by atoms with E-state index in [0.29, 0.717) is 27.9 Å². The van der Waals surface area contributed by atoms with E-state index in [1.54, 1.807) is 0 Å². The maximum Gasteiger partial charge on any atom is 0.296 e. The first-order chi connectivity index (χ1) is 17.2. The lowest BCUT2D eigenvalue weighted by molar-refractivity contribution is 0.0356. The zero-order chi connectivity index (χ0) is 25.9. The van der Waals surface area contributed by atoms with Crippen molar-refractivity contribution in [3.63, 3.8) is 0 Å². The van der Waals surface area contributed by atoms with Gasteiger partial charge in [0.05, 0.1) is 29.6 Å². The summed E-state index contributed by atoms with van der Waals surface area (Å²) >= 11 is 12.5. The fourth-order valence-electron chi connectivity index (χ4n) is 5.44. The summed E-state index contributed by atoms with van der Waals surface area (Å²) in [6.07, 6.45) is 4.54. The summed E-state index contributed by atoms with van der Waals surface area (Å²) in [4.78, 5) is 11.6. The van der Waals surface area contributed by atoms with Crippen LogP contribution < -0.4 is 14.8 Å². The minimum Gasteiger partial charge on any atom is -0.394 e. The Morgan fingerprint density at radius 3 is 2.44 bits per heavy atom. The number of hydrogen-bond donors (Lipinski definition) is 3. The van der Waals surface area contributed by atoms with Gasteiger partial charge in [0, 0.05) is 49.8 Å². The third-order valence-corrected chi connectivity index (χ3v) is 8.27. The second kappa shape index (κ2) is 11.8. The van der Waals surface area contributed by atoms with Gasteiger partial charge in [-0.2, -0.15) is 8.42 Å². The third-order valence-electron chi connectivity index (χ3n) is 7.22. The number of anilines is 2. The van der Waals surface area contributed by atoms with Crippen molar-refractivity contribution in [1.29, 1.82) is 0 Å². The van der Waals surface area contributed by atoms with E-state index in [-0.39, 0.29) is 18.3 Å². The molecule has 2 fully saturated rings. The Balaban J connectivity index is 1.37. The first-order valence-corrected chi connectivity index (χ1v) is 14.6. The fraction of sp³-hybridized carbons (Fsp3) is 0.542. The summed E-state index contributed by atoms with van der Waals surface area (Å²) in [5.41, 5.74) is 1.33. The van der Waals surface area contributed by atoms with Crippen LogP contribution in [-0.2, 0) is 10.2 Å². The zero-order valence-electron chi connectivity index (χ0n) is 20.4. The summed E-state index contributed by atoms with van der Waals surface area (Å²) in [7, 11) is -3.88. The van der Waals surface area contributed by atoms with Crippen LogP contribution in [0.4, 0.5) is 11.5 Å². The Morgan fingerprint density at radius 1 is 1.17 bits per heavy atom. The lowest BCUT2D eigenvalue weighted by atomic mass is 9.96. The number of pyridine rings is 1. The molecular formula is C24H34Cl2N6O3S. The molecule has 0 radical (unpaired) electrons. The standard InChI is InChI=1S/C24H34Cl2N6O3S/c1-2-20-15-31(24-22(26)13-19(14-28-24)29-36(27,34)35)11-12-32(20)21-7-9-30(10-8-21)23(16-33)17-3-5-18(25)6-4-17/h3-6,13-14,20-21,23,29,33H,2,7-12,15-16H2,1H3,(H2,27,34,35). The van der Waals surface area contributed by atoms with E-state index in [9.17, 15) is 13.5 Å². The number of likely N-dealkylation sites (tertiary alicyclic amines) is 1. The summed E-state index contributed by atoms with van der Waals surface area (Å²) in [6.45, 7) is 6.64. The highest BCUT2D eigenvalue weighted by Gasteiger charge is 2.35. The molecule has 2 atom stereocenters. The Hall–Kier alpha value is -1.66. The highest BCUT2D eigenvalue weighted by molar-refractivity contribution is 7.90. The molecule has 36 heavy (non-hydrogen) atoms. The van der Waals surface area contributed by atoms with Crippen LogP contribution in [0.1, 0.15) is 37.8 Å². The number of nitrogens with two attached hydrogens (primary N) is 1. The number of aromatic nitrogens is 1. The third kappa shape index (κ3) is 6.61. The second-order valence-electron chi connectivity index (χ2n) is 9.44. The number of rotatable bonds is 8. The molecule has 2 aliphatic heterocycles. The van der Waals surface area contributed by atoms with Crippen molar-refractivity contribution in [2.75, 3.05) is 49.0 Å². The molecule has 2 aliphatic rings. The minimum absolute atomic E-state index is 0.0121. The molecule has 2 saturated heterocycles. The SMILES string of the molecule is CCC1CN(c2ncc(NS(N)(=O)=O)cc2Cl)CCN1C1CCN(C(CO)c2ccc(Cl)cc2)CC1. The molecule has 1 aromatic carbocycles. The van der Waals surface area contributed by atoms with Gasteiger partial charge in [0.15, 0.2) is 0 Å². The van der Waals surface area contributed by atoms with E-state index >= 15 is 0 Å². The van der Waals surface area contributed by atoms with Crippen molar-refractivity contribution >= 4 is 44.9 Å². The molecule has 12 heteroatoms. The molecule has 0 saturated carbocycles. The van der Waals surface area contributed by atoms with Crippen molar-refractivity contribution in [3.8, 4) is 0 Å². The van der Waals surface area contributed by atoms with E-state index < -0.39 is 10.2 Å². The van der Waals surface area contributed by atoms with Crippen LogP contribution in [0.2, 0.25) is 10.0 Å². The predicted octanol–water partition coefficient (Wildman–Crippen LogP) is 3.10. The molecule has 198 valence electrons. The van der Waals surface area contributed by atoms with Gasteiger partial charge >= 0.3 is 0 Å². The van der Waals surface area contributed by atoms with E-state index in [0.717, 1.165) is 57.5 Å². The summed E-state index contributed by atoms with van der Waals surface area (Å²) in [6, 6.07) is 10.1. The Bertz CT molecular complexity index is 1130. The molecule has 0 aliphatic carbocycles. The highest BCUT2D eigenvalue weighted by Crippen LogP contribution is 2.32. The van der Waals surface area contributed by atoms with Crippen LogP contribution in [-0.4, -0.2) is 79.7 Å². The smallest absolute Gasteiger partial charge is 0.296 e. The largest absolute Gasteiger partial charge is 0.394 e. The maximum absolute atomic E-state index is 11.3. The van der Waals surface area contributed by atoms with Gasteiger partial charge in [0.25, 0.3) is 10.2 Å². The molecule has 0 amide bonds. The van der Waals surface area contributed by atoms with E-state index in [1.807, 2.05) is 24.3 Å². The van der Waals surface area contributed by atoms with Crippen molar-refractivity contribution < 1.29 is 13.5 Å². The average Bonchev–Trinajstić information content (AvgIpc) is 2.85. The van der Waals surface area contributed by atoms with E-state index in [4.69, 9.17) is 28.3 Å². The number of aliphatic hydroxyl groups is 1. The first-order valence-electron chi connectivity index (χ1n) is 12.3. The number of hydrogen-bond acceptors (Lipinski definition) is 7. The topological polar surface area (TPSA) is 115 Å². The number of nitrogens with one attached hydrogen (secondary N) is 1. The average molecular weight is 558 g/mol. The number of benzene rings is 1. The van der Waals surface area contributed by atoms with Crippen LogP contribution in [0, 0.1) is 0 Å². The van der Waals surface area contributed by atoms with Gasteiger partial charge in [0.1, 0.15) is 5.82 Å². The summed E-state index contributed by atoms with van der Waals surface area (Å²) < 4.78 is 24.8. The van der Waals surface area contributed by atoms with Crippen molar-refractivity contribution in [2.24, 2.45) is 5.14 Å². The van der Waals surface area contributed by atoms with E-state index in [1.165, 1.54) is 12.3 Å². The van der Waals surface area contributed by atoms with Crippen molar-refractivity contribution in [1.82, 2.24) is 14.8 Å². The predicted molar refractivity (Wildman–Crippen MR) is 145 cm³/mol. The van der Waals surface area contributed by atoms with Crippen molar-refractivity contribution in [3.05, 3.63) is 52.1 Å². The maximum atomic E-state index is 11.3. The van der Waals surface area contributed by atoms with Gasteiger partial charge < -0.3 is 10.0 Å². The highest BCUT2D eigenvalue weighted by atomic mass is 35.5.